The van der Waals surface area contributed by atoms with Crippen molar-refractivity contribution in [2.75, 3.05) is 18.1 Å². The lowest BCUT2D eigenvalue weighted by atomic mass is 10.2. The van der Waals surface area contributed by atoms with Crippen molar-refractivity contribution in [3.8, 4) is 0 Å². The maximum absolute atomic E-state index is 12.9. The Labute approximate surface area is 140 Å². The number of sulfonamides is 1. The molecule has 1 heterocycles. The quantitative estimate of drug-likeness (QED) is 0.747. The maximum Gasteiger partial charge on any atom is 0.243 e. The summed E-state index contributed by atoms with van der Waals surface area (Å²) in [7, 11) is -6.86. The fourth-order valence-electron chi connectivity index (χ4n) is 2.57. The Bertz CT molecular complexity index is 744. The molecule has 5 nitrogen and oxygen atoms in total. The number of rotatable bonds is 5. The van der Waals surface area contributed by atoms with Crippen LogP contribution >= 0.6 is 15.9 Å². The van der Waals surface area contributed by atoms with Gasteiger partial charge in [0, 0.05) is 17.1 Å². The third kappa shape index (κ3) is 4.10. The van der Waals surface area contributed by atoms with E-state index in [2.05, 4.69) is 15.9 Å². The molecule has 0 spiro atoms. The van der Waals surface area contributed by atoms with Crippen LogP contribution < -0.4 is 0 Å². The molecule has 1 aromatic rings. The summed E-state index contributed by atoms with van der Waals surface area (Å²) in [6.07, 6.45) is 0.363. The zero-order valence-electron chi connectivity index (χ0n) is 12.6. The van der Waals surface area contributed by atoms with Crippen molar-refractivity contribution in [2.24, 2.45) is 5.92 Å². The third-order valence-electron chi connectivity index (χ3n) is 3.56. The van der Waals surface area contributed by atoms with Crippen LogP contribution in [0, 0.1) is 5.92 Å². The molecule has 1 fully saturated rings. The van der Waals surface area contributed by atoms with E-state index in [1.165, 1.54) is 10.4 Å². The van der Waals surface area contributed by atoms with Gasteiger partial charge in [0.05, 0.1) is 16.4 Å². The molecule has 22 heavy (non-hydrogen) atoms. The van der Waals surface area contributed by atoms with Crippen molar-refractivity contribution in [1.82, 2.24) is 4.31 Å². The molecule has 0 aliphatic carbocycles. The normalized spacial score (nSPS) is 21.6. The molecule has 0 saturated carbocycles. The van der Waals surface area contributed by atoms with Crippen molar-refractivity contribution in [3.05, 3.63) is 28.7 Å². The summed E-state index contributed by atoms with van der Waals surface area (Å²) in [5.74, 6) is 0.0815. The fourth-order valence-corrected chi connectivity index (χ4v) is 6.81. The first kappa shape index (κ1) is 17.9. The number of hydrogen-bond donors (Lipinski definition) is 0. The minimum Gasteiger partial charge on any atom is -0.229 e. The van der Waals surface area contributed by atoms with Crippen molar-refractivity contribution in [3.63, 3.8) is 0 Å². The average Bonchev–Trinajstić information content (AvgIpc) is 2.75. The van der Waals surface area contributed by atoms with Gasteiger partial charge in [0.2, 0.25) is 10.0 Å². The van der Waals surface area contributed by atoms with Crippen LogP contribution in [-0.2, 0) is 19.9 Å². The second kappa shape index (κ2) is 6.59. The monoisotopic (exact) mass is 409 g/mol. The summed E-state index contributed by atoms with van der Waals surface area (Å²) in [6, 6.07) is 6.03. The Balaban J connectivity index is 2.40. The lowest BCUT2D eigenvalue weighted by Gasteiger charge is -2.29. The average molecular weight is 410 g/mol. The van der Waals surface area contributed by atoms with Gasteiger partial charge >= 0.3 is 0 Å². The van der Waals surface area contributed by atoms with Crippen LogP contribution in [0.1, 0.15) is 20.3 Å². The second-order valence-electron chi connectivity index (χ2n) is 5.98. The SMILES string of the molecule is CC(C)CN(C1CCS(=O)(=O)C1)S(=O)(=O)c1cccc(Br)c1. The molecule has 2 rings (SSSR count). The minimum atomic E-state index is -3.71. The highest BCUT2D eigenvalue weighted by Gasteiger charge is 2.38. The van der Waals surface area contributed by atoms with Crippen molar-refractivity contribution in [2.45, 2.75) is 31.2 Å². The number of sulfone groups is 1. The van der Waals surface area contributed by atoms with Gasteiger partial charge in [-0.2, -0.15) is 4.31 Å². The zero-order valence-corrected chi connectivity index (χ0v) is 15.8. The van der Waals surface area contributed by atoms with Crippen LogP contribution in [0.2, 0.25) is 0 Å². The standard InChI is InChI=1S/C14H20BrNO4S2/c1-11(2)9-16(13-6-7-21(17,18)10-13)22(19,20)14-5-3-4-12(15)8-14/h3-5,8,11,13H,6-7,9-10H2,1-2H3. The molecule has 0 bridgehead atoms. The van der Waals surface area contributed by atoms with Crippen LogP contribution in [0.25, 0.3) is 0 Å². The highest BCUT2D eigenvalue weighted by Crippen LogP contribution is 2.27. The van der Waals surface area contributed by atoms with Gasteiger partial charge in [-0.25, -0.2) is 16.8 Å². The van der Waals surface area contributed by atoms with Crippen LogP contribution in [0.4, 0.5) is 0 Å². The first-order valence-electron chi connectivity index (χ1n) is 7.09. The number of benzene rings is 1. The molecule has 0 radical (unpaired) electrons. The molecular weight excluding hydrogens is 390 g/mol. The van der Waals surface area contributed by atoms with Gasteiger partial charge in [0.1, 0.15) is 0 Å². The first-order valence-corrected chi connectivity index (χ1v) is 11.1. The molecule has 0 N–H and O–H groups in total. The molecule has 0 aromatic heterocycles. The predicted molar refractivity (Wildman–Crippen MR) is 89.9 cm³/mol. The van der Waals surface area contributed by atoms with E-state index in [0.29, 0.717) is 17.4 Å². The van der Waals surface area contributed by atoms with Crippen molar-refractivity contribution >= 4 is 35.8 Å². The van der Waals surface area contributed by atoms with E-state index >= 15 is 0 Å². The fraction of sp³-hybridized carbons (Fsp3) is 0.571. The van der Waals surface area contributed by atoms with Crippen molar-refractivity contribution < 1.29 is 16.8 Å². The van der Waals surface area contributed by atoms with Gasteiger partial charge in [-0.15, -0.1) is 0 Å². The van der Waals surface area contributed by atoms with Crippen LogP contribution in [-0.4, -0.2) is 45.2 Å². The first-order chi connectivity index (χ1) is 10.1. The van der Waals surface area contributed by atoms with E-state index in [-0.39, 0.29) is 22.3 Å². The van der Waals surface area contributed by atoms with Crippen LogP contribution in [0.15, 0.2) is 33.6 Å². The lowest BCUT2D eigenvalue weighted by molar-refractivity contribution is 0.308. The van der Waals surface area contributed by atoms with Crippen molar-refractivity contribution in [1.29, 1.82) is 0 Å². The molecule has 1 saturated heterocycles. The molecule has 1 aliphatic heterocycles. The summed E-state index contributed by atoms with van der Waals surface area (Å²) in [6.45, 7) is 4.16. The van der Waals surface area contributed by atoms with E-state index in [0.717, 1.165) is 0 Å². The van der Waals surface area contributed by atoms with E-state index in [9.17, 15) is 16.8 Å². The summed E-state index contributed by atoms with van der Waals surface area (Å²) in [5, 5.41) is 0. The third-order valence-corrected chi connectivity index (χ3v) is 7.72. The highest BCUT2D eigenvalue weighted by molar-refractivity contribution is 9.10. The molecule has 1 aromatic carbocycles. The zero-order chi connectivity index (χ0) is 16.5. The summed E-state index contributed by atoms with van der Waals surface area (Å²) in [4.78, 5) is 0.187. The molecular formula is C14H20BrNO4S2. The van der Waals surface area contributed by atoms with Gasteiger partial charge in [-0.3, -0.25) is 0 Å². The largest absolute Gasteiger partial charge is 0.243 e. The summed E-state index contributed by atoms with van der Waals surface area (Å²) in [5.41, 5.74) is 0. The highest BCUT2D eigenvalue weighted by atomic mass is 79.9. The molecule has 1 atom stereocenters. The molecule has 0 amide bonds. The Morgan fingerprint density at radius 2 is 2.05 bits per heavy atom. The van der Waals surface area contributed by atoms with Crippen LogP contribution in [0.5, 0.6) is 0 Å². The van der Waals surface area contributed by atoms with E-state index in [1.54, 1.807) is 18.2 Å². The Morgan fingerprint density at radius 1 is 1.36 bits per heavy atom. The number of halogens is 1. The van der Waals surface area contributed by atoms with Gasteiger partial charge in [-0.1, -0.05) is 35.8 Å². The summed E-state index contributed by atoms with van der Waals surface area (Å²) < 4.78 is 51.3. The Kier molecular flexibility index (Phi) is 5.36. The smallest absolute Gasteiger partial charge is 0.229 e. The van der Waals surface area contributed by atoms with Gasteiger partial charge < -0.3 is 0 Å². The molecule has 1 unspecified atom stereocenters. The summed E-state index contributed by atoms with van der Waals surface area (Å²) >= 11 is 3.28. The maximum atomic E-state index is 12.9. The lowest BCUT2D eigenvalue weighted by Crippen LogP contribution is -2.43. The second-order valence-corrected chi connectivity index (χ2v) is 11.0. The molecule has 124 valence electrons. The topological polar surface area (TPSA) is 71.5 Å². The minimum absolute atomic E-state index is 0.0558. The van der Waals surface area contributed by atoms with E-state index in [4.69, 9.17) is 0 Å². The predicted octanol–water partition coefficient (Wildman–Crippen LogP) is 2.28. The molecule has 1 aliphatic rings. The van der Waals surface area contributed by atoms with Gasteiger partial charge in [0.15, 0.2) is 9.84 Å². The van der Waals surface area contributed by atoms with Gasteiger partial charge in [-0.05, 0) is 30.5 Å². The van der Waals surface area contributed by atoms with E-state index in [1.807, 2.05) is 13.8 Å². The van der Waals surface area contributed by atoms with E-state index < -0.39 is 25.9 Å². The number of nitrogens with zero attached hydrogens (tertiary/aromatic N) is 1. The van der Waals surface area contributed by atoms with Crippen LogP contribution in [0.3, 0.4) is 0 Å². The molecule has 8 heteroatoms. The van der Waals surface area contributed by atoms with Gasteiger partial charge in [0.25, 0.3) is 0 Å². The Morgan fingerprint density at radius 3 is 2.55 bits per heavy atom. The number of hydrogen-bond acceptors (Lipinski definition) is 4. The Hall–Kier alpha value is -0.440.